The lowest BCUT2D eigenvalue weighted by Crippen LogP contribution is -2.59. The highest BCUT2D eigenvalue weighted by atomic mass is 16.2. The Morgan fingerprint density at radius 3 is 2.60 bits per heavy atom. The number of hydrogen-bond acceptors (Lipinski definition) is 4. The Labute approximate surface area is 118 Å². The van der Waals surface area contributed by atoms with Crippen LogP contribution in [0.1, 0.15) is 32.1 Å². The van der Waals surface area contributed by atoms with Crippen molar-refractivity contribution < 1.29 is 14.4 Å². The van der Waals surface area contributed by atoms with E-state index in [1.807, 2.05) is 0 Å². The predicted octanol–water partition coefficient (Wildman–Crippen LogP) is -1.07. The molecule has 0 radical (unpaired) electrons. The predicted molar refractivity (Wildman–Crippen MR) is 72.3 cm³/mol. The van der Waals surface area contributed by atoms with Crippen LogP contribution in [0, 0.1) is 5.92 Å². The van der Waals surface area contributed by atoms with Crippen molar-refractivity contribution in [3.8, 4) is 0 Å². The van der Waals surface area contributed by atoms with Gasteiger partial charge in [0.15, 0.2) is 6.17 Å². The Kier molecular flexibility index (Phi) is 4.94. The fourth-order valence-electron chi connectivity index (χ4n) is 2.74. The van der Waals surface area contributed by atoms with Gasteiger partial charge in [-0.25, -0.2) is 0 Å². The average molecular weight is 282 g/mol. The number of primary amides is 1. The largest absolute Gasteiger partial charge is 0.366 e. The normalized spacial score (nSPS) is 22.4. The van der Waals surface area contributed by atoms with Crippen LogP contribution in [-0.4, -0.2) is 48.4 Å². The molecule has 1 atom stereocenters. The number of likely N-dealkylation sites (tertiary alicyclic amines) is 1. The van der Waals surface area contributed by atoms with E-state index in [-0.39, 0.29) is 17.7 Å². The number of rotatable bonds is 4. The first kappa shape index (κ1) is 14.8. The van der Waals surface area contributed by atoms with E-state index in [4.69, 9.17) is 5.73 Å². The molecule has 7 heteroatoms. The fraction of sp³-hybridized carbons (Fsp3) is 0.769. The first-order valence-electron chi connectivity index (χ1n) is 7.19. The van der Waals surface area contributed by atoms with E-state index in [1.165, 1.54) is 4.90 Å². The van der Waals surface area contributed by atoms with Gasteiger partial charge < -0.3 is 21.3 Å². The highest BCUT2D eigenvalue weighted by Crippen LogP contribution is 2.15. The Hall–Kier alpha value is -1.63. The summed E-state index contributed by atoms with van der Waals surface area (Å²) in [5.41, 5.74) is 5.35. The summed E-state index contributed by atoms with van der Waals surface area (Å²) in [6.45, 7) is 2.06. The van der Waals surface area contributed by atoms with Crippen molar-refractivity contribution in [2.75, 3.05) is 19.6 Å². The van der Waals surface area contributed by atoms with Gasteiger partial charge in [0.05, 0.1) is 0 Å². The maximum Gasteiger partial charge on any atom is 0.261 e. The second-order valence-electron chi connectivity index (χ2n) is 5.38. The van der Waals surface area contributed by atoms with E-state index in [0.717, 1.165) is 38.8 Å². The van der Waals surface area contributed by atoms with Crippen molar-refractivity contribution >= 4 is 17.7 Å². The molecule has 0 bridgehead atoms. The molecule has 0 aliphatic carbocycles. The number of piperidine rings is 2. The third-order valence-electron chi connectivity index (χ3n) is 3.93. The van der Waals surface area contributed by atoms with Crippen molar-refractivity contribution in [1.29, 1.82) is 0 Å². The number of nitrogens with two attached hydrogens (primary N) is 1. The minimum atomic E-state index is -1.01. The topological polar surface area (TPSA) is 105 Å². The molecule has 2 aliphatic heterocycles. The molecule has 2 fully saturated rings. The molecule has 2 aliphatic rings. The lowest BCUT2D eigenvalue weighted by atomic mass is 9.97. The molecule has 2 saturated heterocycles. The first-order valence-corrected chi connectivity index (χ1v) is 7.19. The van der Waals surface area contributed by atoms with E-state index < -0.39 is 12.1 Å². The SMILES string of the molecule is NC(=O)C(NC(=O)C1CCNCC1)N1CCCCC1=O. The lowest BCUT2D eigenvalue weighted by molar-refractivity contribution is -0.145. The number of carbonyl (C=O) groups is 3. The molecule has 2 heterocycles. The summed E-state index contributed by atoms with van der Waals surface area (Å²) in [4.78, 5) is 37.0. The van der Waals surface area contributed by atoms with Crippen molar-refractivity contribution in [3.63, 3.8) is 0 Å². The second kappa shape index (κ2) is 6.69. The molecule has 1 unspecified atom stereocenters. The molecule has 0 aromatic heterocycles. The standard InChI is InChI=1S/C13H22N4O3/c14-11(19)12(17-8-2-1-3-10(17)18)16-13(20)9-4-6-15-7-5-9/h9,12,15H,1-8H2,(H2,14,19)(H,16,20). The van der Waals surface area contributed by atoms with Crippen LogP contribution in [0.5, 0.6) is 0 Å². The Balaban J connectivity index is 1.99. The van der Waals surface area contributed by atoms with Crippen LogP contribution in [0.3, 0.4) is 0 Å². The van der Waals surface area contributed by atoms with Gasteiger partial charge in [-0.2, -0.15) is 0 Å². The quantitative estimate of drug-likeness (QED) is 0.610. The van der Waals surface area contributed by atoms with Crippen LogP contribution in [-0.2, 0) is 14.4 Å². The molecule has 0 aromatic rings. The molecule has 0 saturated carbocycles. The molecule has 2 rings (SSSR count). The third kappa shape index (κ3) is 3.47. The zero-order valence-electron chi connectivity index (χ0n) is 11.6. The van der Waals surface area contributed by atoms with Gasteiger partial charge in [-0.3, -0.25) is 14.4 Å². The number of nitrogens with one attached hydrogen (secondary N) is 2. The van der Waals surface area contributed by atoms with Crippen LogP contribution >= 0.6 is 0 Å². The highest BCUT2D eigenvalue weighted by molar-refractivity contribution is 5.91. The summed E-state index contributed by atoms with van der Waals surface area (Å²) in [5, 5.41) is 5.83. The third-order valence-corrected chi connectivity index (χ3v) is 3.93. The zero-order valence-corrected chi connectivity index (χ0v) is 11.6. The van der Waals surface area contributed by atoms with E-state index in [2.05, 4.69) is 10.6 Å². The summed E-state index contributed by atoms with van der Waals surface area (Å²) in [5.74, 6) is -1.10. The van der Waals surface area contributed by atoms with Crippen LogP contribution < -0.4 is 16.4 Å². The van der Waals surface area contributed by atoms with Crippen LogP contribution in [0.25, 0.3) is 0 Å². The number of nitrogens with zero attached hydrogens (tertiary/aromatic N) is 1. The van der Waals surface area contributed by atoms with Gasteiger partial charge in [0.2, 0.25) is 11.8 Å². The first-order chi connectivity index (χ1) is 9.59. The summed E-state index contributed by atoms with van der Waals surface area (Å²) in [6.07, 6.45) is 2.54. The smallest absolute Gasteiger partial charge is 0.261 e. The van der Waals surface area contributed by atoms with Crippen LogP contribution in [0.4, 0.5) is 0 Å². The molecule has 7 nitrogen and oxygen atoms in total. The van der Waals surface area contributed by atoms with Gasteiger partial charge in [0.25, 0.3) is 5.91 Å². The Morgan fingerprint density at radius 1 is 1.30 bits per heavy atom. The monoisotopic (exact) mass is 282 g/mol. The van der Waals surface area contributed by atoms with Crippen molar-refractivity contribution in [2.45, 2.75) is 38.3 Å². The van der Waals surface area contributed by atoms with Gasteiger partial charge >= 0.3 is 0 Å². The fourth-order valence-corrected chi connectivity index (χ4v) is 2.74. The molecule has 0 aromatic carbocycles. The molecular weight excluding hydrogens is 260 g/mol. The van der Waals surface area contributed by atoms with Crippen molar-refractivity contribution in [1.82, 2.24) is 15.5 Å². The maximum atomic E-state index is 12.2. The molecule has 20 heavy (non-hydrogen) atoms. The van der Waals surface area contributed by atoms with Gasteiger partial charge in [-0.1, -0.05) is 0 Å². The van der Waals surface area contributed by atoms with Crippen LogP contribution in [0.2, 0.25) is 0 Å². The minimum Gasteiger partial charge on any atom is -0.366 e. The summed E-state index contributed by atoms with van der Waals surface area (Å²) < 4.78 is 0. The molecule has 3 amide bonds. The van der Waals surface area contributed by atoms with E-state index in [0.29, 0.717) is 13.0 Å². The highest BCUT2D eigenvalue weighted by Gasteiger charge is 2.33. The summed E-state index contributed by atoms with van der Waals surface area (Å²) in [7, 11) is 0. The number of hydrogen-bond donors (Lipinski definition) is 3. The van der Waals surface area contributed by atoms with E-state index in [9.17, 15) is 14.4 Å². The molecule has 112 valence electrons. The molecule has 4 N–H and O–H groups in total. The molecule has 0 spiro atoms. The van der Waals surface area contributed by atoms with E-state index >= 15 is 0 Å². The lowest BCUT2D eigenvalue weighted by Gasteiger charge is -2.34. The van der Waals surface area contributed by atoms with Gasteiger partial charge in [0, 0.05) is 18.9 Å². The van der Waals surface area contributed by atoms with Crippen molar-refractivity contribution in [2.24, 2.45) is 11.7 Å². The van der Waals surface area contributed by atoms with E-state index in [1.54, 1.807) is 0 Å². The van der Waals surface area contributed by atoms with Gasteiger partial charge in [-0.15, -0.1) is 0 Å². The van der Waals surface area contributed by atoms with Gasteiger partial charge in [-0.05, 0) is 38.8 Å². The van der Waals surface area contributed by atoms with Crippen LogP contribution in [0.15, 0.2) is 0 Å². The summed E-state index contributed by atoms with van der Waals surface area (Å²) >= 11 is 0. The minimum absolute atomic E-state index is 0.113. The zero-order chi connectivity index (χ0) is 14.5. The Morgan fingerprint density at radius 2 is 2.00 bits per heavy atom. The number of carbonyl (C=O) groups excluding carboxylic acids is 3. The second-order valence-corrected chi connectivity index (χ2v) is 5.38. The van der Waals surface area contributed by atoms with Gasteiger partial charge in [0.1, 0.15) is 0 Å². The molecular formula is C13H22N4O3. The maximum absolute atomic E-state index is 12.2. The van der Waals surface area contributed by atoms with Crippen molar-refractivity contribution in [3.05, 3.63) is 0 Å². The summed E-state index contributed by atoms with van der Waals surface area (Å²) in [6, 6.07) is 0. The number of amides is 3. The Bertz CT molecular complexity index is 393. The average Bonchev–Trinajstić information content (AvgIpc) is 2.46.